The Bertz CT molecular complexity index is 559. The topological polar surface area (TPSA) is 87.1 Å². The first-order chi connectivity index (χ1) is 12.4. The molecule has 0 saturated carbocycles. The van der Waals surface area contributed by atoms with Crippen LogP contribution in [0.4, 0.5) is 0 Å². The Morgan fingerprint density at radius 2 is 1.69 bits per heavy atom. The maximum atomic E-state index is 9.10. The lowest BCUT2D eigenvalue weighted by Crippen LogP contribution is -2.25. The van der Waals surface area contributed by atoms with Crippen LogP contribution < -0.4 is 4.74 Å². The van der Waals surface area contributed by atoms with Crippen LogP contribution in [-0.4, -0.2) is 53.3 Å². The number of ether oxygens (including phenoxy) is 1. The number of rotatable bonds is 6. The van der Waals surface area contributed by atoms with Crippen molar-refractivity contribution in [2.24, 2.45) is 0 Å². The molecule has 0 aromatic heterocycles. The van der Waals surface area contributed by atoms with Crippen LogP contribution in [0.15, 0.2) is 18.2 Å². The van der Waals surface area contributed by atoms with Crippen molar-refractivity contribution in [1.82, 2.24) is 4.90 Å². The lowest BCUT2D eigenvalue weighted by atomic mass is 10.2. The van der Waals surface area contributed by atoms with Crippen LogP contribution in [0.3, 0.4) is 0 Å². The smallest absolute Gasteiger partial charge is 0.414 e. The van der Waals surface area contributed by atoms with E-state index in [0.717, 1.165) is 18.8 Å². The lowest BCUT2D eigenvalue weighted by Gasteiger charge is -2.19. The summed E-state index contributed by atoms with van der Waals surface area (Å²) in [4.78, 5) is 20.8. The van der Waals surface area contributed by atoms with E-state index in [-0.39, 0.29) is 0 Å². The number of hydrogen-bond donors (Lipinski definition) is 2. The number of carboxylic acid groups (broad SMARTS) is 2. The Balaban J connectivity index is 0.000000487. The van der Waals surface area contributed by atoms with Crippen molar-refractivity contribution in [3.05, 3.63) is 28.8 Å². The van der Waals surface area contributed by atoms with Crippen molar-refractivity contribution in [1.29, 1.82) is 0 Å². The Morgan fingerprint density at radius 3 is 2.27 bits per heavy atom. The van der Waals surface area contributed by atoms with Gasteiger partial charge in [0, 0.05) is 0 Å². The number of carboxylic acids is 2. The van der Waals surface area contributed by atoms with Crippen molar-refractivity contribution < 1.29 is 24.5 Å². The summed E-state index contributed by atoms with van der Waals surface area (Å²) in [5.41, 5.74) is 1.19. The van der Waals surface area contributed by atoms with Gasteiger partial charge in [0.15, 0.2) is 0 Å². The van der Waals surface area contributed by atoms with E-state index in [1.165, 1.54) is 57.3 Å². The van der Waals surface area contributed by atoms with Crippen LogP contribution in [0.2, 0.25) is 5.02 Å². The number of unbranched alkanes of at least 4 members (excludes halogenated alkanes) is 1. The largest absolute Gasteiger partial charge is 0.492 e. The molecule has 26 heavy (non-hydrogen) atoms. The Labute approximate surface area is 159 Å². The van der Waals surface area contributed by atoms with Gasteiger partial charge in [0.25, 0.3) is 0 Å². The molecule has 0 atom stereocenters. The SMILES string of the molecule is Cc1ccc(Cl)c(OCCCCN2CCCCCC2)c1.O=C(O)C(=O)O. The highest BCUT2D eigenvalue weighted by Gasteiger charge is 2.08. The molecule has 1 aromatic carbocycles. The number of nitrogens with zero attached hydrogens (tertiary/aromatic N) is 1. The summed E-state index contributed by atoms with van der Waals surface area (Å²) in [6.45, 7) is 6.60. The van der Waals surface area contributed by atoms with E-state index < -0.39 is 11.9 Å². The first-order valence-electron chi connectivity index (χ1n) is 8.97. The monoisotopic (exact) mass is 385 g/mol. The van der Waals surface area contributed by atoms with Gasteiger partial charge in [0.1, 0.15) is 5.75 Å². The summed E-state index contributed by atoms with van der Waals surface area (Å²) in [5.74, 6) is -2.83. The number of hydrogen-bond acceptors (Lipinski definition) is 4. The molecule has 1 heterocycles. The molecule has 0 unspecified atom stereocenters. The molecule has 2 N–H and O–H groups in total. The van der Waals surface area contributed by atoms with Gasteiger partial charge >= 0.3 is 11.9 Å². The Kier molecular flexibility index (Phi) is 10.7. The molecule has 0 spiro atoms. The first-order valence-corrected chi connectivity index (χ1v) is 9.35. The molecule has 2 rings (SSSR count). The number of carbonyl (C=O) groups is 2. The number of aliphatic carboxylic acids is 2. The van der Waals surface area contributed by atoms with Gasteiger partial charge in [0.2, 0.25) is 0 Å². The van der Waals surface area contributed by atoms with Gasteiger partial charge in [-0.25, -0.2) is 9.59 Å². The molecular weight excluding hydrogens is 358 g/mol. The van der Waals surface area contributed by atoms with Crippen LogP contribution in [0.25, 0.3) is 0 Å². The van der Waals surface area contributed by atoms with Gasteiger partial charge in [-0.2, -0.15) is 0 Å². The second-order valence-corrected chi connectivity index (χ2v) is 6.76. The summed E-state index contributed by atoms with van der Waals surface area (Å²) >= 11 is 6.12. The van der Waals surface area contributed by atoms with E-state index >= 15 is 0 Å². The molecule has 6 nitrogen and oxygen atoms in total. The standard InChI is InChI=1S/C17H26ClNO.C2H2O4/c1-15-8-9-16(18)17(14-15)20-13-7-6-12-19-10-4-2-3-5-11-19;3-1(4)2(5)6/h8-9,14H,2-7,10-13H2,1H3;(H,3,4)(H,5,6). The predicted octanol–water partition coefficient (Wildman–Crippen LogP) is 3.84. The third kappa shape index (κ3) is 9.63. The fourth-order valence-corrected chi connectivity index (χ4v) is 2.87. The summed E-state index contributed by atoms with van der Waals surface area (Å²) in [5, 5.41) is 15.5. The highest BCUT2D eigenvalue weighted by atomic mass is 35.5. The zero-order valence-corrected chi connectivity index (χ0v) is 16.0. The summed E-state index contributed by atoms with van der Waals surface area (Å²) in [6.07, 6.45) is 7.87. The highest BCUT2D eigenvalue weighted by molar-refractivity contribution is 6.32. The number of likely N-dealkylation sites (tertiary alicyclic amines) is 1. The van der Waals surface area contributed by atoms with E-state index in [9.17, 15) is 0 Å². The number of benzene rings is 1. The zero-order valence-electron chi connectivity index (χ0n) is 15.2. The van der Waals surface area contributed by atoms with E-state index in [2.05, 4.69) is 11.8 Å². The molecular formula is C19H28ClNO5. The van der Waals surface area contributed by atoms with Crippen molar-refractivity contribution in [2.75, 3.05) is 26.2 Å². The van der Waals surface area contributed by atoms with Crippen LogP contribution in [0.1, 0.15) is 44.1 Å². The molecule has 146 valence electrons. The van der Waals surface area contributed by atoms with Crippen molar-refractivity contribution >= 4 is 23.5 Å². The van der Waals surface area contributed by atoms with Gasteiger partial charge in [-0.05, 0) is 69.9 Å². The predicted molar refractivity (Wildman–Crippen MR) is 101 cm³/mol. The molecule has 1 saturated heterocycles. The molecule has 0 amide bonds. The molecule has 1 aromatic rings. The normalized spacial score (nSPS) is 14.7. The van der Waals surface area contributed by atoms with Crippen LogP contribution in [0.5, 0.6) is 5.75 Å². The average molecular weight is 386 g/mol. The van der Waals surface area contributed by atoms with Crippen LogP contribution in [0, 0.1) is 6.92 Å². The van der Waals surface area contributed by atoms with Gasteiger partial charge in [-0.15, -0.1) is 0 Å². The Hall–Kier alpha value is -1.79. The molecule has 1 fully saturated rings. The maximum absolute atomic E-state index is 9.10. The quantitative estimate of drug-likeness (QED) is 0.571. The fourth-order valence-electron chi connectivity index (χ4n) is 2.70. The van der Waals surface area contributed by atoms with E-state index in [4.69, 9.17) is 36.1 Å². The highest BCUT2D eigenvalue weighted by Crippen LogP contribution is 2.25. The molecule has 0 radical (unpaired) electrons. The van der Waals surface area contributed by atoms with Gasteiger partial charge < -0.3 is 19.8 Å². The van der Waals surface area contributed by atoms with E-state index in [1.807, 2.05) is 18.2 Å². The van der Waals surface area contributed by atoms with E-state index in [0.29, 0.717) is 5.02 Å². The summed E-state index contributed by atoms with van der Waals surface area (Å²) < 4.78 is 5.78. The third-order valence-corrected chi connectivity index (χ3v) is 4.41. The number of aryl methyl sites for hydroxylation is 1. The minimum absolute atomic E-state index is 0.711. The fraction of sp³-hybridized carbons (Fsp3) is 0.579. The van der Waals surface area contributed by atoms with Crippen LogP contribution in [-0.2, 0) is 9.59 Å². The maximum Gasteiger partial charge on any atom is 0.414 e. The first kappa shape index (κ1) is 22.3. The minimum Gasteiger partial charge on any atom is -0.492 e. The van der Waals surface area contributed by atoms with Crippen molar-refractivity contribution in [2.45, 2.75) is 45.4 Å². The molecule has 1 aliphatic heterocycles. The number of halogens is 1. The minimum atomic E-state index is -1.82. The summed E-state index contributed by atoms with van der Waals surface area (Å²) in [7, 11) is 0. The second kappa shape index (κ2) is 12.5. The van der Waals surface area contributed by atoms with Gasteiger partial charge in [0.05, 0.1) is 11.6 Å². The third-order valence-electron chi connectivity index (χ3n) is 4.09. The second-order valence-electron chi connectivity index (χ2n) is 6.36. The van der Waals surface area contributed by atoms with Crippen LogP contribution >= 0.6 is 11.6 Å². The lowest BCUT2D eigenvalue weighted by molar-refractivity contribution is -0.159. The molecule has 1 aliphatic rings. The molecule has 0 aliphatic carbocycles. The van der Waals surface area contributed by atoms with Crippen molar-refractivity contribution in [3.63, 3.8) is 0 Å². The van der Waals surface area contributed by atoms with Gasteiger partial charge in [-0.3, -0.25) is 0 Å². The zero-order chi connectivity index (χ0) is 19.4. The molecule has 7 heteroatoms. The van der Waals surface area contributed by atoms with E-state index in [1.54, 1.807) is 0 Å². The van der Waals surface area contributed by atoms with Gasteiger partial charge in [-0.1, -0.05) is 30.5 Å². The average Bonchev–Trinajstić information content (AvgIpc) is 2.87. The Morgan fingerprint density at radius 1 is 1.08 bits per heavy atom. The summed E-state index contributed by atoms with van der Waals surface area (Å²) in [6, 6.07) is 5.93. The molecule has 0 bridgehead atoms. The van der Waals surface area contributed by atoms with Crippen molar-refractivity contribution in [3.8, 4) is 5.75 Å².